The third-order valence-corrected chi connectivity index (χ3v) is 3.40. The Balaban J connectivity index is 1.87. The average Bonchev–Trinajstić information content (AvgIpc) is 2.91. The lowest BCUT2D eigenvalue weighted by molar-refractivity contribution is 0.546. The molecule has 102 valence electrons. The predicted octanol–water partition coefficient (Wildman–Crippen LogP) is 1.72. The number of hydrogen-bond donors (Lipinski definition) is 2. The molecule has 20 heavy (non-hydrogen) atoms. The molecule has 0 aliphatic rings. The van der Waals surface area contributed by atoms with Crippen molar-refractivity contribution in [2.45, 2.75) is 12.5 Å². The van der Waals surface area contributed by atoms with E-state index in [-0.39, 0.29) is 6.04 Å². The molecule has 2 heterocycles. The van der Waals surface area contributed by atoms with Crippen molar-refractivity contribution in [3.63, 3.8) is 0 Å². The minimum Gasteiger partial charge on any atom is -0.275 e. The number of benzene rings is 1. The Bertz CT molecular complexity index is 719. The molecule has 0 radical (unpaired) electrons. The van der Waals surface area contributed by atoms with Crippen LogP contribution in [0.25, 0.3) is 10.9 Å². The first-order valence-corrected chi connectivity index (χ1v) is 6.55. The molecule has 0 saturated carbocycles. The van der Waals surface area contributed by atoms with Crippen LogP contribution in [0.4, 0.5) is 0 Å². The van der Waals surface area contributed by atoms with Crippen LogP contribution in [0.2, 0.25) is 0 Å². The maximum Gasteiger partial charge on any atom is 0.0705 e. The van der Waals surface area contributed by atoms with Crippen LogP contribution in [-0.2, 0) is 13.5 Å². The molecule has 1 aromatic carbocycles. The number of hydrazine groups is 1. The number of para-hydroxylation sites is 1. The van der Waals surface area contributed by atoms with E-state index in [1.54, 1.807) is 4.68 Å². The number of nitrogens with two attached hydrogens (primary N) is 1. The number of nitrogens with zero attached hydrogens (tertiary/aromatic N) is 3. The second-order valence-electron chi connectivity index (χ2n) is 4.87. The minimum absolute atomic E-state index is 0.0114. The molecular weight excluding hydrogens is 250 g/mol. The number of hydrogen-bond acceptors (Lipinski definition) is 4. The Hall–Kier alpha value is -2.24. The van der Waals surface area contributed by atoms with Gasteiger partial charge in [-0.15, -0.1) is 0 Å². The summed E-state index contributed by atoms with van der Waals surface area (Å²) in [5, 5.41) is 5.33. The lowest BCUT2D eigenvalue weighted by atomic mass is 10.1. The Morgan fingerprint density at radius 2 is 2.10 bits per heavy atom. The van der Waals surface area contributed by atoms with E-state index >= 15 is 0 Å². The molecule has 1 unspecified atom stereocenters. The molecule has 5 nitrogen and oxygen atoms in total. The van der Waals surface area contributed by atoms with E-state index < -0.39 is 0 Å². The molecule has 0 spiro atoms. The van der Waals surface area contributed by atoms with Gasteiger partial charge in [0.2, 0.25) is 0 Å². The first kappa shape index (κ1) is 12.8. The highest BCUT2D eigenvalue weighted by Crippen LogP contribution is 2.18. The summed E-state index contributed by atoms with van der Waals surface area (Å²) < 4.78 is 1.77. The molecule has 3 N–H and O–H groups in total. The van der Waals surface area contributed by atoms with E-state index in [1.807, 2.05) is 43.7 Å². The van der Waals surface area contributed by atoms with Crippen molar-refractivity contribution in [1.82, 2.24) is 20.2 Å². The standard InChI is InChI=1S/C15H17N5/c1-20-10-12(9-17-20)15(19-16)8-13-7-6-11-4-2-3-5-14(11)18-13/h2-7,9-10,15,19H,8,16H2,1H3. The van der Waals surface area contributed by atoms with Crippen LogP contribution >= 0.6 is 0 Å². The molecule has 0 bridgehead atoms. The third-order valence-electron chi connectivity index (χ3n) is 3.40. The number of pyridine rings is 1. The first-order valence-electron chi connectivity index (χ1n) is 6.55. The van der Waals surface area contributed by atoms with Crippen molar-refractivity contribution in [1.29, 1.82) is 0 Å². The summed E-state index contributed by atoms with van der Waals surface area (Å²) >= 11 is 0. The summed E-state index contributed by atoms with van der Waals surface area (Å²) in [5.41, 5.74) is 5.91. The van der Waals surface area contributed by atoms with Gasteiger partial charge in [-0.3, -0.25) is 20.9 Å². The van der Waals surface area contributed by atoms with Crippen LogP contribution in [-0.4, -0.2) is 14.8 Å². The highest BCUT2D eigenvalue weighted by molar-refractivity contribution is 5.78. The lowest BCUT2D eigenvalue weighted by Gasteiger charge is -2.13. The van der Waals surface area contributed by atoms with Gasteiger partial charge in [-0.2, -0.15) is 5.10 Å². The lowest BCUT2D eigenvalue weighted by Crippen LogP contribution is -2.29. The smallest absolute Gasteiger partial charge is 0.0705 e. The quantitative estimate of drug-likeness (QED) is 0.558. The van der Waals surface area contributed by atoms with Crippen LogP contribution < -0.4 is 11.3 Å². The maximum atomic E-state index is 5.66. The monoisotopic (exact) mass is 267 g/mol. The average molecular weight is 267 g/mol. The molecule has 0 aliphatic carbocycles. The van der Waals surface area contributed by atoms with Crippen molar-refractivity contribution in [3.05, 3.63) is 60.0 Å². The number of nitrogens with one attached hydrogen (secondary N) is 1. The minimum atomic E-state index is 0.0114. The fourth-order valence-electron chi connectivity index (χ4n) is 2.32. The molecule has 1 atom stereocenters. The Labute approximate surface area is 117 Å². The number of aryl methyl sites for hydroxylation is 1. The van der Waals surface area contributed by atoms with Gasteiger partial charge in [-0.25, -0.2) is 0 Å². The largest absolute Gasteiger partial charge is 0.275 e. The van der Waals surface area contributed by atoms with E-state index in [9.17, 15) is 0 Å². The molecule has 5 heteroatoms. The normalized spacial score (nSPS) is 12.7. The van der Waals surface area contributed by atoms with E-state index in [2.05, 4.69) is 27.6 Å². The number of rotatable bonds is 4. The van der Waals surface area contributed by atoms with Crippen molar-refractivity contribution in [2.24, 2.45) is 12.9 Å². The number of aromatic nitrogens is 3. The Kier molecular flexibility index (Phi) is 3.45. The van der Waals surface area contributed by atoms with E-state index in [1.165, 1.54) is 0 Å². The molecule has 2 aromatic heterocycles. The van der Waals surface area contributed by atoms with Crippen LogP contribution in [0.5, 0.6) is 0 Å². The van der Waals surface area contributed by atoms with Gasteiger partial charge >= 0.3 is 0 Å². The number of fused-ring (bicyclic) bond motifs is 1. The summed E-state index contributed by atoms with van der Waals surface area (Å²) in [6.45, 7) is 0. The summed E-state index contributed by atoms with van der Waals surface area (Å²) in [5.74, 6) is 5.66. The van der Waals surface area contributed by atoms with Gasteiger partial charge in [0.15, 0.2) is 0 Å². The van der Waals surface area contributed by atoms with Crippen LogP contribution in [0.1, 0.15) is 17.3 Å². The van der Waals surface area contributed by atoms with Gasteiger partial charge in [0.1, 0.15) is 0 Å². The van der Waals surface area contributed by atoms with Gasteiger partial charge in [0.25, 0.3) is 0 Å². The summed E-state index contributed by atoms with van der Waals surface area (Å²) in [7, 11) is 1.89. The van der Waals surface area contributed by atoms with Gasteiger partial charge in [0, 0.05) is 36.3 Å². The fraction of sp³-hybridized carbons (Fsp3) is 0.200. The maximum absolute atomic E-state index is 5.66. The van der Waals surface area contributed by atoms with E-state index in [0.29, 0.717) is 0 Å². The second-order valence-corrected chi connectivity index (χ2v) is 4.87. The second kappa shape index (κ2) is 5.40. The zero-order chi connectivity index (χ0) is 13.9. The fourth-order valence-corrected chi connectivity index (χ4v) is 2.32. The zero-order valence-electron chi connectivity index (χ0n) is 11.3. The van der Waals surface area contributed by atoms with E-state index in [0.717, 1.165) is 28.6 Å². The predicted molar refractivity (Wildman–Crippen MR) is 78.7 cm³/mol. The molecule has 0 aliphatic heterocycles. The summed E-state index contributed by atoms with van der Waals surface area (Å²) in [6, 6.07) is 12.2. The third kappa shape index (κ3) is 2.54. The molecule has 0 amide bonds. The van der Waals surface area contributed by atoms with Crippen molar-refractivity contribution < 1.29 is 0 Å². The summed E-state index contributed by atoms with van der Waals surface area (Å²) in [6.07, 6.45) is 4.52. The Morgan fingerprint density at radius 3 is 2.85 bits per heavy atom. The van der Waals surface area contributed by atoms with Gasteiger partial charge < -0.3 is 0 Å². The van der Waals surface area contributed by atoms with Crippen molar-refractivity contribution in [3.8, 4) is 0 Å². The van der Waals surface area contributed by atoms with Gasteiger partial charge in [0.05, 0.1) is 17.8 Å². The van der Waals surface area contributed by atoms with Crippen LogP contribution in [0.15, 0.2) is 48.8 Å². The SMILES string of the molecule is Cn1cc(C(Cc2ccc3ccccc3n2)NN)cn1. The Morgan fingerprint density at radius 1 is 1.25 bits per heavy atom. The zero-order valence-corrected chi connectivity index (χ0v) is 11.3. The first-order chi connectivity index (χ1) is 9.76. The van der Waals surface area contributed by atoms with Crippen LogP contribution in [0.3, 0.4) is 0 Å². The van der Waals surface area contributed by atoms with E-state index in [4.69, 9.17) is 5.84 Å². The molecule has 3 rings (SSSR count). The molecular formula is C15H17N5. The highest BCUT2D eigenvalue weighted by atomic mass is 15.3. The molecule has 0 saturated heterocycles. The highest BCUT2D eigenvalue weighted by Gasteiger charge is 2.13. The van der Waals surface area contributed by atoms with Crippen molar-refractivity contribution in [2.75, 3.05) is 0 Å². The molecule has 3 aromatic rings. The van der Waals surface area contributed by atoms with Crippen molar-refractivity contribution >= 4 is 10.9 Å². The van der Waals surface area contributed by atoms with Gasteiger partial charge in [-0.1, -0.05) is 24.3 Å². The van der Waals surface area contributed by atoms with Gasteiger partial charge in [-0.05, 0) is 12.1 Å². The topological polar surface area (TPSA) is 68.8 Å². The molecule has 0 fully saturated rings. The van der Waals surface area contributed by atoms with Crippen LogP contribution in [0, 0.1) is 0 Å². The summed E-state index contributed by atoms with van der Waals surface area (Å²) in [4.78, 5) is 4.67.